The molecule has 21 heavy (non-hydrogen) atoms. The minimum absolute atomic E-state index is 0.0341. The Labute approximate surface area is 122 Å². The summed E-state index contributed by atoms with van der Waals surface area (Å²) in [6.45, 7) is 0.627. The number of hydrogen-bond acceptors (Lipinski definition) is 5. The van der Waals surface area contributed by atoms with Crippen molar-refractivity contribution in [2.24, 2.45) is 4.99 Å². The number of carbonyl (C=O) groups is 1. The van der Waals surface area contributed by atoms with Crippen molar-refractivity contribution >= 4 is 27.5 Å². The minimum Gasteiger partial charge on any atom is -0.325 e. The summed E-state index contributed by atoms with van der Waals surface area (Å²) in [5.41, 5.74) is 0.325. The Hall–Kier alpha value is -2.40. The van der Waals surface area contributed by atoms with E-state index >= 15 is 0 Å². The Balaban J connectivity index is 2.16. The van der Waals surface area contributed by atoms with Gasteiger partial charge in [0.1, 0.15) is 12.3 Å². The fourth-order valence-electron chi connectivity index (χ4n) is 1.85. The van der Waals surface area contributed by atoms with Crippen LogP contribution in [-0.4, -0.2) is 26.7 Å². The lowest BCUT2D eigenvalue weighted by atomic mass is 10.3. The summed E-state index contributed by atoms with van der Waals surface area (Å²) in [7, 11) is -3.71. The van der Waals surface area contributed by atoms with Gasteiger partial charge in [-0.2, -0.15) is 5.26 Å². The highest BCUT2D eigenvalue weighted by atomic mass is 32.2. The fourth-order valence-corrected chi connectivity index (χ4v) is 2.99. The van der Waals surface area contributed by atoms with Crippen molar-refractivity contribution in [2.75, 3.05) is 11.9 Å². The number of benzene rings is 1. The molecule has 0 radical (unpaired) electrons. The lowest BCUT2D eigenvalue weighted by molar-refractivity contribution is -0.115. The van der Waals surface area contributed by atoms with Crippen LogP contribution in [0.2, 0.25) is 0 Å². The number of amidine groups is 1. The van der Waals surface area contributed by atoms with Crippen molar-refractivity contribution in [2.45, 2.75) is 24.2 Å². The maximum atomic E-state index is 12.2. The molecule has 7 nitrogen and oxygen atoms in total. The summed E-state index contributed by atoms with van der Waals surface area (Å²) >= 11 is 0. The van der Waals surface area contributed by atoms with E-state index < -0.39 is 15.9 Å². The maximum absolute atomic E-state index is 12.2. The van der Waals surface area contributed by atoms with Crippen LogP contribution < -0.4 is 10.0 Å². The molecule has 0 saturated heterocycles. The zero-order valence-corrected chi connectivity index (χ0v) is 12.0. The number of nitrogens with zero attached hydrogens (tertiary/aromatic N) is 2. The van der Waals surface area contributed by atoms with Crippen LogP contribution >= 0.6 is 0 Å². The van der Waals surface area contributed by atoms with Crippen LogP contribution in [-0.2, 0) is 14.8 Å². The highest BCUT2D eigenvalue weighted by Gasteiger charge is 2.18. The predicted octanol–water partition coefficient (Wildman–Crippen LogP) is 1.01. The molecule has 1 heterocycles. The van der Waals surface area contributed by atoms with E-state index in [1.165, 1.54) is 18.2 Å². The van der Waals surface area contributed by atoms with Gasteiger partial charge >= 0.3 is 0 Å². The van der Waals surface area contributed by atoms with Gasteiger partial charge in [0.2, 0.25) is 5.91 Å². The molecular formula is C13H14N4O3S. The van der Waals surface area contributed by atoms with Gasteiger partial charge in [-0.15, -0.1) is 0 Å². The highest BCUT2D eigenvalue weighted by molar-refractivity contribution is 7.90. The van der Waals surface area contributed by atoms with Gasteiger partial charge in [-0.05, 0) is 24.6 Å². The lowest BCUT2D eigenvalue weighted by Crippen LogP contribution is -2.29. The molecule has 0 aliphatic carbocycles. The first-order chi connectivity index (χ1) is 10.0. The summed E-state index contributed by atoms with van der Waals surface area (Å²) in [5, 5.41) is 10.9. The second-order valence-corrected chi connectivity index (χ2v) is 6.13. The normalized spacial score (nSPS) is 14.1. The summed E-state index contributed by atoms with van der Waals surface area (Å²) in [6, 6.07) is 7.57. The highest BCUT2D eigenvalue weighted by Crippen LogP contribution is 2.16. The first-order valence-electron chi connectivity index (χ1n) is 6.34. The number of rotatable bonds is 4. The third-order valence-electron chi connectivity index (χ3n) is 2.79. The van der Waals surface area contributed by atoms with Crippen molar-refractivity contribution in [3.63, 3.8) is 0 Å². The van der Waals surface area contributed by atoms with E-state index in [9.17, 15) is 13.2 Å². The SMILES string of the molecule is N#CCC(=O)Nc1cccc(S(=O)(=O)NC2=NCCC2)c1. The second-order valence-electron chi connectivity index (χ2n) is 4.45. The number of carbonyl (C=O) groups excluding carboxylic acids is 1. The van der Waals surface area contributed by atoms with Crippen molar-refractivity contribution in [3.8, 4) is 6.07 Å². The number of nitriles is 1. The van der Waals surface area contributed by atoms with Gasteiger partial charge in [0.15, 0.2) is 0 Å². The Morgan fingerprint density at radius 3 is 2.90 bits per heavy atom. The first kappa shape index (κ1) is 15.0. The molecule has 1 amide bonds. The van der Waals surface area contributed by atoms with Gasteiger partial charge in [0, 0.05) is 18.7 Å². The van der Waals surface area contributed by atoms with Gasteiger partial charge < -0.3 is 5.32 Å². The van der Waals surface area contributed by atoms with Gasteiger partial charge in [0.25, 0.3) is 10.0 Å². The third-order valence-corrected chi connectivity index (χ3v) is 4.17. The Morgan fingerprint density at radius 1 is 1.43 bits per heavy atom. The molecule has 0 saturated carbocycles. The van der Waals surface area contributed by atoms with Crippen LogP contribution in [0.1, 0.15) is 19.3 Å². The Bertz CT molecular complexity index is 719. The second kappa shape index (κ2) is 6.37. The molecular weight excluding hydrogens is 292 g/mol. The van der Waals surface area contributed by atoms with Gasteiger partial charge in [-0.3, -0.25) is 14.5 Å². The van der Waals surface area contributed by atoms with Crippen molar-refractivity contribution in [3.05, 3.63) is 24.3 Å². The molecule has 1 aromatic rings. The van der Waals surface area contributed by atoms with Gasteiger partial charge in [0.05, 0.1) is 11.0 Å². The first-order valence-corrected chi connectivity index (χ1v) is 7.82. The molecule has 0 bridgehead atoms. The lowest BCUT2D eigenvalue weighted by Gasteiger charge is -2.09. The van der Waals surface area contributed by atoms with Gasteiger partial charge in [-0.1, -0.05) is 6.07 Å². The van der Waals surface area contributed by atoms with E-state index in [4.69, 9.17) is 5.26 Å². The zero-order valence-electron chi connectivity index (χ0n) is 11.2. The quantitative estimate of drug-likeness (QED) is 0.864. The van der Waals surface area contributed by atoms with E-state index in [0.29, 0.717) is 24.5 Å². The van der Waals surface area contributed by atoms with Crippen LogP contribution in [0.3, 0.4) is 0 Å². The van der Waals surface area contributed by atoms with E-state index in [1.54, 1.807) is 12.1 Å². The number of anilines is 1. The number of amides is 1. The molecule has 0 atom stereocenters. The van der Waals surface area contributed by atoms with Crippen LogP contribution in [0.5, 0.6) is 0 Å². The molecule has 0 spiro atoms. The monoisotopic (exact) mass is 306 g/mol. The number of nitrogens with one attached hydrogen (secondary N) is 2. The molecule has 110 valence electrons. The molecule has 0 aromatic heterocycles. The van der Waals surface area contributed by atoms with E-state index in [2.05, 4.69) is 15.0 Å². The standard InChI is InChI=1S/C13H14N4O3S/c14-7-6-13(18)16-10-3-1-4-11(9-10)21(19,20)17-12-5-2-8-15-12/h1,3-4,9H,2,5-6,8H2,(H,15,17)(H,16,18). The number of sulfonamides is 1. The van der Waals surface area contributed by atoms with E-state index in [0.717, 1.165) is 6.42 Å². The average Bonchev–Trinajstić information content (AvgIpc) is 2.91. The average molecular weight is 306 g/mol. The largest absolute Gasteiger partial charge is 0.325 e. The van der Waals surface area contributed by atoms with Crippen molar-refractivity contribution in [1.82, 2.24) is 4.72 Å². The summed E-state index contributed by atoms with van der Waals surface area (Å²) in [4.78, 5) is 15.4. The summed E-state index contributed by atoms with van der Waals surface area (Å²) < 4.78 is 26.8. The van der Waals surface area contributed by atoms with E-state index in [1.807, 2.05) is 0 Å². The zero-order chi connectivity index (χ0) is 15.3. The molecule has 2 rings (SSSR count). The number of hydrogen-bond donors (Lipinski definition) is 2. The Kier molecular flexibility index (Phi) is 4.55. The Morgan fingerprint density at radius 2 is 2.24 bits per heavy atom. The predicted molar refractivity (Wildman–Crippen MR) is 77.2 cm³/mol. The summed E-state index contributed by atoms with van der Waals surface area (Å²) in [6.07, 6.45) is 1.16. The minimum atomic E-state index is -3.71. The number of aliphatic imine (C=N–C) groups is 1. The molecule has 2 N–H and O–H groups in total. The molecule has 1 aliphatic heterocycles. The van der Waals surface area contributed by atoms with Crippen molar-refractivity contribution < 1.29 is 13.2 Å². The fraction of sp³-hybridized carbons (Fsp3) is 0.308. The smallest absolute Gasteiger partial charge is 0.262 e. The maximum Gasteiger partial charge on any atom is 0.262 e. The molecule has 1 aromatic carbocycles. The molecule has 0 unspecified atom stereocenters. The summed E-state index contributed by atoms with van der Waals surface area (Å²) in [5.74, 6) is -0.0332. The van der Waals surface area contributed by atoms with Crippen LogP contribution in [0.15, 0.2) is 34.2 Å². The topological polar surface area (TPSA) is 111 Å². The van der Waals surface area contributed by atoms with Crippen LogP contribution in [0, 0.1) is 11.3 Å². The molecule has 1 aliphatic rings. The molecule has 0 fully saturated rings. The van der Waals surface area contributed by atoms with Crippen LogP contribution in [0.25, 0.3) is 0 Å². The van der Waals surface area contributed by atoms with Crippen molar-refractivity contribution in [1.29, 1.82) is 5.26 Å². The van der Waals surface area contributed by atoms with E-state index in [-0.39, 0.29) is 11.3 Å². The third kappa shape index (κ3) is 4.03. The molecule has 8 heteroatoms. The van der Waals surface area contributed by atoms with Crippen LogP contribution in [0.4, 0.5) is 5.69 Å². The van der Waals surface area contributed by atoms with Gasteiger partial charge in [-0.25, -0.2) is 8.42 Å².